The number of hydrogen-bond acceptors (Lipinski definition) is 2. The van der Waals surface area contributed by atoms with Crippen molar-refractivity contribution in [3.63, 3.8) is 0 Å². The molecule has 0 aromatic heterocycles. The quantitative estimate of drug-likeness (QED) is 0.669. The Labute approximate surface area is 87.5 Å². The van der Waals surface area contributed by atoms with Gasteiger partial charge in [0.1, 0.15) is 0 Å². The fourth-order valence-corrected chi connectivity index (χ4v) is 1.99. The highest BCUT2D eigenvalue weighted by Gasteiger charge is 2.21. The Hall–Kier alpha value is -0.860. The van der Waals surface area contributed by atoms with Crippen LogP contribution in [0.1, 0.15) is 41.3 Å². The van der Waals surface area contributed by atoms with Gasteiger partial charge in [0, 0.05) is 17.0 Å². The van der Waals surface area contributed by atoms with E-state index < -0.39 is 6.10 Å². The molecule has 2 nitrogen and oxygen atoms in total. The number of rotatable bonds is 0. The molecule has 74 valence electrons. The normalized spacial score (nSPS) is 21.6. The van der Waals surface area contributed by atoms with Gasteiger partial charge in [-0.3, -0.25) is 4.79 Å². The smallest absolute Gasteiger partial charge is 0.163 e. The summed E-state index contributed by atoms with van der Waals surface area (Å²) >= 11 is 5.82. The predicted octanol–water partition coefficient (Wildman–Crippen LogP) is 2.74. The average molecular weight is 211 g/mol. The Morgan fingerprint density at radius 2 is 2.21 bits per heavy atom. The van der Waals surface area contributed by atoms with Crippen molar-refractivity contribution in [3.05, 3.63) is 34.3 Å². The number of Topliss-reactive ketones (excluding diaryl/α,β-unsaturated/α-hetero) is 1. The molecule has 0 spiro atoms. The number of carbonyl (C=O) groups is 1. The van der Waals surface area contributed by atoms with Crippen molar-refractivity contribution in [2.75, 3.05) is 0 Å². The van der Waals surface area contributed by atoms with Crippen LogP contribution in [0.3, 0.4) is 0 Å². The fourth-order valence-electron chi connectivity index (χ4n) is 1.81. The van der Waals surface area contributed by atoms with Crippen LogP contribution in [0.15, 0.2) is 18.2 Å². The van der Waals surface area contributed by atoms with Gasteiger partial charge in [-0.15, -0.1) is 0 Å². The maximum Gasteiger partial charge on any atom is 0.163 e. The second-order valence-corrected chi connectivity index (χ2v) is 4.00. The van der Waals surface area contributed by atoms with E-state index in [-0.39, 0.29) is 5.78 Å². The van der Waals surface area contributed by atoms with Gasteiger partial charge in [-0.05, 0) is 36.6 Å². The molecule has 1 N–H and O–H groups in total. The number of benzene rings is 1. The van der Waals surface area contributed by atoms with Crippen LogP contribution in [0, 0.1) is 0 Å². The molecule has 0 bridgehead atoms. The van der Waals surface area contributed by atoms with Gasteiger partial charge >= 0.3 is 0 Å². The summed E-state index contributed by atoms with van der Waals surface area (Å²) in [5.41, 5.74) is 1.31. The first-order valence-corrected chi connectivity index (χ1v) is 5.07. The Morgan fingerprint density at radius 3 is 3.00 bits per heavy atom. The molecule has 0 heterocycles. The van der Waals surface area contributed by atoms with Crippen LogP contribution in [0.2, 0.25) is 5.02 Å². The van der Waals surface area contributed by atoms with Crippen LogP contribution >= 0.6 is 11.6 Å². The van der Waals surface area contributed by atoms with E-state index in [9.17, 15) is 9.90 Å². The van der Waals surface area contributed by atoms with Crippen LogP contribution in [0.5, 0.6) is 0 Å². The molecule has 1 unspecified atom stereocenters. The standard InChI is InChI=1S/C11H11ClO2/c12-7-4-5-8-9(6-7)11(14)3-1-2-10(8)13/h4-6,11,14H,1-3H2. The second kappa shape index (κ2) is 3.71. The summed E-state index contributed by atoms with van der Waals surface area (Å²) in [4.78, 5) is 11.6. The van der Waals surface area contributed by atoms with E-state index >= 15 is 0 Å². The Balaban J connectivity index is 2.54. The number of halogens is 1. The maximum absolute atomic E-state index is 11.6. The molecular formula is C11H11ClO2. The second-order valence-electron chi connectivity index (χ2n) is 3.56. The van der Waals surface area contributed by atoms with Crippen LogP contribution in [0.25, 0.3) is 0 Å². The van der Waals surface area contributed by atoms with Gasteiger partial charge in [0.15, 0.2) is 5.78 Å². The summed E-state index contributed by atoms with van der Waals surface area (Å²) in [5.74, 6) is 0.105. The number of aliphatic hydroxyl groups is 1. The zero-order valence-corrected chi connectivity index (χ0v) is 8.42. The lowest BCUT2D eigenvalue weighted by molar-refractivity contribution is 0.0981. The molecule has 0 fully saturated rings. The van der Waals surface area contributed by atoms with Crippen molar-refractivity contribution in [3.8, 4) is 0 Å². The summed E-state index contributed by atoms with van der Waals surface area (Å²) in [7, 11) is 0. The third-order valence-electron chi connectivity index (χ3n) is 2.55. The first kappa shape index (κ1) is 9.69. The Bertz CT molecular complexity index is 374. The molecule has 2 rings (SSSR count). The summed E-state index contributed by atoms with van der Waals surface area (Å²) in [6, 6.07) is 5.08. The van der Waals surface area contributed by atoms with Gasteiger partial charge in [-0.25, -0.2) is 0 Å². The van der Waals surface area contributed by atoms with Crippen molar-refractivity contribution in [2.24, 2.45) is 0 Å². The summed E-state index contributed by atoms with van der Waals surface area (Å²) in [5, 5.41) is 10.3. The number of fused-ring (bicyclic) bond motifs is 1. The molecule has 0 saturated carbocycles. The van der Waals surface area contributed by atoms with Gasteiger partial charge in [0.25, 0.3) is 0 Å². The summed E-state index contributed by atoms with van der Waals surface area (Å²) in [6.45, 7) is 0. The van der Waals surface area contributed by atoms with Crippen LogP contribution < -0.4 is 0 Å². The lowest BCUT2D eigenvalue weighted by Crippen LogP contribution is -2.02. The minimum atomic E-state index is -0.546. The fraction of sp³-hybridized carbons (Fsp3) is 0.364. The van der Waals surface area contributed by atoms with Crippen molar-refractivity contribution < 1.29 is 9.90 Å². The summed E-state index contributed by atoms with van der Waals surface area (Å²) in [6.07, 6.45) is 1.35. The molecule has 0 amide bonds. The predicted molar refractivity (Wildman–Crippen MR) is 54.6 cm³/mol. The van der Waals surface area contributed by atoms with Gasteiger partial charge in [0.2, 0.25) is 0 Å². The lowest BCUT2D eigenvalue weighted by atomic mass is 10.0. The molecule has 14 heavy (non-hydrogen) atoms. The van der Waals surface area contributed by atoms with Gasteiger partial charge in [0.05, 0.1) is 6.10 Å². The molecule has 3 heteroatoms. The molecule has 1 atom stereocenters. The third kappa shape index (κ3) is 1.68. The number of carbonyl (C=O) groups excluding carboxylic acids is 1. The molecule has 1 aromatic rings. The van der Waals surface area contributed by atoms with Crippen LogP contribution in [-0.4, -0.2) is 10.9 Å². The van der Waals surface area contributed by atoms with Crippen LogP contribution in [0.4, 0.5) is 0 Å². The largest absolute Gasteiger partial charge is 0.388 e. The highest BCUT2D eigenvalue weighted by molar-refractivity contribution is 6.30. The van der Waals surface area contributed by atoms with E-state index in [0.717, 1.165) is 6.42 Å². The molecule has 0 aliphatic heterocycles. The number of aliphatic hydroxyl groups excluding tert-OH is 1. The van der Waals surface area contributed by atoms with Gasteiger partial charge in [-0.1, -0.05) is 11.6 Å². The summed E-state index contributed by atoms with van der Waals surface area (Å²) < 4.78 is 0. The first-order chi connectivity index (χ1) is 6.68. The van der Waals surface area contributed by atoms with E-state index in [0.29, 0.717) is 29.0 Å². The molecule has 1 aromatic carbocycles. The highest BCUT2D eigenvalue weighted by Crippen LogP contribution is 2.30. The van der Waals surface area contributed by atoms with E-state index in [4.69, 9.17) is 11.6 Å². The molecule has 1 aliphatic carbocycles. The maximum atomic E-state index is 11.6. The SMILES string of the molecule is O=C1CCCC(O)c2cc(Cl)ccc21. The van der Waals surface area contributed by atoms with Crippen molar-refractivity contribution >= 4 is 17.4 Å². The molecule has 0 radical (unpaired) electrons. The lowest BCUT2D eigenvalue weighted by Gasteiger charge is -2.10. The first-order valence-electron chi connectivity index (χ1n) is 4.69. The zero-order chi connectivity index (χ0) is 10.1. The van der Waals surface area contributed by atoms with Crippen molar-refractivity contribution in [1.82, 2.24) is 0 Å². The Kier molecular flexibility index (Phi) is 2.57. The molecule has 0 saturated heterocycles. The minimum absolute atomic E-state index is 0.105. The molecule has 1 aliphatic rings. The zero-order valence-electron chi connectivity index (χ0n) is 7.66. The van der Waals surface area contributed by atoms with Crippen molar-refractivity contribution in [2.45, 2.75) is 25.4 Å². The average Bonchev–Trinajstić information content (AvgIpc) is 2.28. The third-order valence-corrected chi connectivity index (χ3v) is 2.79. The number of hydrogen-bond donors (Lipinski definition) is 1. The number of ketones is 1. The van der Waals surface area contributed by atoms with Crippen LogP contribution in [-0.2, 0) is 0 Å². The van der Waals surface area contributed by atoms with Crippen molar-refractivity contribution in [1.29, 1.82) is 0 Å². The Morgan fingerprint density at radius 1 is 1.43 bits per heavy atom. The molecular weight excluding hydrogens is 200 g/mol. The minimum Gasteiger partial charge on any atom is -0.388 e. The topological polar surface area (TPSA) is 37.3 Å². The van der Waals surface area contributed by atoms with E-state index in [1.807, 2.05) is 0 Å². The monoisotopic (exact) mass is 210 g/mol. The van der Waals surface area contributed by atoms with E-state index in [1.165, 1.54) is 0 Å². The van der Waals surface area contributed by atoms with Gasteiger partial charge < -0.3 is 5.11 Å². The van der Waals surface area contributed by atoms with Gasteiger partial charge in [-0.2, -0.15) is 0 Å². The highest BCUT2D eigenvalue weighted by atomic mass is 35.5. The van der Waals surface area contributed by atoms with E-state index in [2.05, 4.69) is 0 Å². The van der Waals surface area contributed by atoms with E-state index in [1.54, 1.807) is 18.2 Å².